The second-order valence-electron chi connectivity index (χ2n) is 5.41. The van der Waals surface area contributed by atoms with E-state index in [1.165, 1.54) is 60.5 Å². The van der Waals surface area contributed by atoms with Gasteiger partial charge in [0, 0.05) is 10.5 Å². The van der Waals surface area contributed by atoms with Crippen molar-refractivity contribution in [3.63, 3.8) is 0 Å². The van der Waals surface area contributed by atoms with Crippen molar-refractivity contribution >= 4 is 15.9 Å². The molecular weight excluding hydrogens is 298 g/mol. The van der Waals surface area contributed by atoms with E-state index in [0.717, 1.165) is 0 Å². The van der Waals surface area contributed by atoms with E-state index in [9.17, 15) is 0 Å². The molecule has 0 spiro atoms. The smallest absolute Gasteiger partial charge is 0.0317 e. The molecule has 0 saturated heterocycles. The van der Waals surface area contributed by atoms with Crippen LogP contribution in [0.5, 0.6) is 0 Å². The summed E-state index contributed by atoms with van der Waals surface area (Å²) in [5.41, 5.74) is 2.70. The lowest BCUT2D eigenvalue weighted by atomic mass is 9.99. The van der Waals surface area contributed by atoms with Crippen LogP contribution in [0.2, 0.25) is 0 Å². The number of halogens is 1. The summed E-state index contributed by atoms with van der Waals surface area (Å²) in [5.74, 6) is 0. The fraction of sp³-hybridized carbons (Fsp3) is 0.647. The zero-order valence-electron chi connectivity index (χ0n) is 12.6. The summed E-state index contributed by atoms with van der Waals surface area (Å²) in [6, 6.07) is 7.19. The van der Waals surface area contributed by atoms with Crippen LogP contribution in [0.15, 0.2) is 22.7 Å². The summed E-state index contributed by atoms with van der Waals surface area (Å²) < 4.78 is 1.22. The number of nitrogens with one attached hydrogen (secondary N) is 1. The first-order valence-corrected chi connectivity index (χ1v) is 8.41. The average Bonchev–Trinajstić information content (AvgIpc) is 2.41. The summed E-state index contributed by atoms with van der Waals surface area (Å²) in [7, 11) is 2.06. The fourth-order valence-corrected chi connectivity index (χ4v) is 2.83. The van der Waals surface area contributed by atoms with Crippen molar-refractivity contribution in [3.05, 3.63) is 33.8 Å². The molecule has 1 atom stereocenters. The van der Waals surface area contributed by atoms with Crippen LogP contribution in [0.1, 0.15) is 69.0 Å². The number of hydrogen-bond acceptors (Lipinski definition) is 1. The minimum Gasteiger partial charge on any atom is -0.313 e. The van der Waals surface area contributed by atoms with Crippen molar-refractivity contribution in [1.82, 2.24) is 5.32 Å². The molecule has 0 aromatic heterocycles. The zero-order chi connectivity index (χ0) is 14.1. The van der Waals surface area contributed by atoms with Crippen molar-refractivity contribution in [1.29, 1.82) is 0 Å². The molecule has 0 heterocycles. The van der Waals surface area contributed by atoms with E-state index >= 15 is 0 Å². The van der Waals surface area contributed by atoms with Gasteiger partial charge < -0.3 is 5.32 Å². The average molecular weight is 326 g/mol. The number of rotatable bonds is 9. The maximum absolute atomic E-state index is 3.63. The Hall–Kier alpha value is -0.340. The van der Waals surface area contributed by atoms with Crippen molar-refractivity contribution < 1.29 is 0 Å². The van der Waals surface area contributed by atoms with E-state index in [1.54, 1.807) is 0 Å². The van der Waals surface area contributed by atoms with Crippen molar-refractivity contribution in [2.75, 3.05) is 7.05 Å². The third kappa shape index (κ3) is 6.09. The molecule has 0 saturated carbocycles. The highest BCUT2D eigenvalue weighted by atomic mass is 79.9. The van der Waals surface area contributed by atoms with Gasteiger partial charge in [-0.25, -0.2) is 0 Å². The van der Waals surface area contributed by atoms with E-state index in [-0.39, 0.29) is 0 Å². The molecule has 0 aliphatic heterocycles. The highest BCUT2D eigenvalue weighted by Gasteiger charge is 2.09. The molecule has 1 aromatic rings. The minimum atomic E-state index is 0.489. The first-order valence-electron chi connectivity index (χ1n) is 7.62. The summed E-state index contributed by atoms with van der Waals surface area (Å²) in [4.78, 5) is 0. The quantitative estimate of drug-likeness (QED) is 0.568. The molecule has 0 fully saturated rings. The fourth-order valence-electron chi connectivity index (χ4n) is 2.43. The van der Waals surface area contributed by atoms with Gasteiger partial charge in [-0.05, 0) is 37.6 Å². The van der Waals surface area contributed by atoms with Crippen LogP contribution in [0.25, 0.3) is 0 Å². The largest absolute Gasteiger partial charge is 0.313 e. The Morgan fingerprint density at radius 3 is 2.42 bits per heavy atom. The standard InChI is InChI=1S/C17H28BrN/c1-4-5-6-7-8-9-10-17(19-3)15-12-11-14(2)16(18)13-15/h11-13,17,19H,4-10H2,1-3H3. The Balaban J connectivity index is 2.38. The molecule has 108 valence electrons. The van der Waals surface area contributed by atoms with Gasteiger partial charge in [0.1, 0.15) is 0 Å². The molecule has 0 bridgehead atoms. The molecule has 1 unspecified atom stereocenters. The highest BCUT2D eigenvalue weighted by Crippen LogP contribution is 2.25. The molecule has 0 aliphatic carbocycles. The lowest BCUT2D eigenvalue weighted by Crippen LogP contribution is -2.16. The van der Waals surface area contributed by atoms with E-state index in [0.29, 0.717) is 6.04 Å². The maximum atomic E-state index is 3.63. The van der Waals surface area contributed by atoms with Gasteiger partial charge in [0.25, 0.3) is 0 Å². The third-order valence-corrected chi connectivity index (χ3v) is 4.65. The van der Waals surface area contributed by atoms with Gasteiger partial charge in [-0.15, -0.1) is 0 Å². The van der Waals surface area contributed by atoms with Crippen LogP contribution in [0.3, 0.4) is 0 Å². The van der Waals surface area contributed by atoms with Crippen molar-refractivity contribution in [2.45, 2.75) is 64.8 Å². The van der Waals surface area contributed by atoms with E-state index in [1.807, 2.05) is 0 Å². The van der Waals surface area contributed by atoms with Gasteiger partial charge in [0.2, 0.25) is 0 Å². The lowest BCUT2D eigenvalue weighted by Gasteiger charge is -2.17. The van der Waals surface area contributed by atoms with Crippen LogP contribution < -0.4 is 5.32 Å². The summed E-state index contributed by atoms with van der Waals surface area (Å²) in [6.07, 6.45) is 9.43. The number of benzene rings is 1. The Morgan fingerprint density at radius 1 is 1.11 bits per heavy atom. The predicted molar refractivity (Wildman–Crippen MR) is 88.7 cm³/mol. The van der Waals surface area contributed by atoms with Gasteiger partial charge in [0.15, 0.2) is 0 Å². The number of aryl methyl sites for hydroxylation is 1. The number of unbranched alkanes of at least 4 members (excludes halogenated alkanes) is 5. The minimum absolute atomic E-state index is 0.489. The van der Waals surface area contributed by atoms with Gasteiger partial charge in [-0.1, -0.05) is 73.5 Å². The van der Waals surface area contributed by atoms with Gasteiger partial charge in [-0.2, -0.15) is 0 Å². The van der Waals surface area contributed by atoms with Crippen molar-refractivity contribution in [3.8, 4) is 0 Å². The molecule has 0 radical (unpaired) electrons. The molecule has 1 N–H and O–H groups in total. The van der Waals surface area contributed by atoms with Crippen LogP contribution in [0.4, 0.5) is 0 Å². The Labute approximate surface area is 127 Å². The molecule has 0 amide bonds. The molecular formula is C17H28BrN. The summed E-state index contributed by atoms with van der Waals surface area (Å²) >= 11 is 3.63. The molecule has 19 heavy (non-hydrogen) atoms. The number of hydrogen-bond donors (Lipinski definition) is 1. The van der Waals surface area contributed by atoms with Gasteiger partial charge in [0.05, 0.1) is 0 Å². The monoisotopic (exact) mass is 325 g/mol. The van der Waals surface area contributed by atoms with E-state index < -0.39 is 0 Å². The Morgan fingerprint density at radius 2 is 1.79 bits per heavy atom. The van der Waals surface area contributed by atoms with Crippen LogP contribution in [-0.4, -0.2) is 7.05 Å². The zero-order valence-corrected chi connectivity index (χ0v) is 14.2. The Bertz CT molecular complexity index is 362. The molecule has 1 nitrogen and oxygen atoms in total. The van der Waals surface area contributed by atoms with Gasteiger partial charge >= 0.3 is 0 Å². The first kappa shape index (κ1) is 16.7. The second kappa shape index (κ2) is 9.55. The van der Waals surface area contributed by atoms with E-state index in [2.05, 4.69) is 60.3 Å². The SMILES string of the molecule is CCCCCCCCC(NC)c1ccc(C)c(Br)c1. The Kier molecular flexibility index (Phi) is 8.40. The van der Waals surface area contributed by atoms with Gasteiger partial charge in [-0.3, -0.25) is 0 Å². The lowest BCUT2D eigenvalue weighted by molar-refractivity contribution is 0.497. The van der Waals surface area contributed by atoms with Crippen LogP contribution in [-0.2, 0) is 0 Å². The first-order chi connectivity index (χ1) is 9.19. The normalized spacial score (nSPS) is 12.6. The summed E-state index contributed by atoms with van der Waals surface area (Å²) in [5, 5.41) is 3.45. The molecule has 2 heteroatoms. The molecule has 1 rings (SSSR count). The second-order valence-corrected chi connectivity index (χ2v) is 6.26. The van der Waals surface area contributed by atoms with Crippen molar-refractivity contribution in [2.24, 2.45) is 0 Å². The highest BCUT2D eigenvalue weighted by molar-refractivity contribution is 9.10. The maximum Gasteiger partial charge on any atom is 0.0317 e. The van der Waals surface area contributed by atoms with E-state index in [4.69, 9.17) is 0 Å². The van der Waals surface area contributed by atoms with Crippen LogP contribution >= 0.6 is 15.9 Å². The van der Waals surface area contributed by atoms with Crippen LogP contribution in [0, 0.1) is 6.92 Å². The topological polar surface area (TPSA) is 12.0 Å². The summed E-state index contributed by atoms with van der Waals surface area (Å²) in [6.45, 7) is 4.41. The third-order valence-electron chi connectivity index (χ3n) is 3.79. The molecule has 0 aliphatic rings. The molecule has 1 aromatic carbocycles. The predicted octanol–water partition coefficient (Wildman–Crippen LogP) is 5.77.